The van der Waals surface area contributed by atoms with Crippen molar-refractivity contribution in [2.75, 3.05) is 0 Å². The molecule has 0 amide bonds. The number of nitriles is 1. The van der Waals surface area contributed by atoms with Crippen LogP contribution >= 0.6 is 0 Å². The van der Waals surface area contributed by atoms with E-state index in [9.17, 15) is 0 Å². The zero-order valence-corrected chi connectivity index (χ0v) is 14.4. The molecule has 25 heavy (non-hydrogen) atoms. The minimum atomic E-state index is 0.240. The summed E-state index contributed by atoms with van der Waals surface area (Å²) in [6, 6.07) is 12.5. The summed E-state index contributed by atoms with van der Waals surface area (Å²) in [5.74, 6) is 2.67. The molecule has 6 rings (SSSR count). The van der Waals surface area contributed by atoms with Gasteiger partial charge >= 0.3 is 0 Å². The molecule has 1 aromatic carbocycles. The smallest absolute Gasteiger partial charge is 0.0912 e. The van der Waals surface area contributed by atoms with Crippen LogP contribution in [0, 0.1) is 29.1 Å². The highest BCUT2D eigenvalue weighted by Gasteiger charge is 2.53. The molecule has 4 saturated carbocycles. The molecule has 0 aliphatic heterocycles. The van der Waals surface area contributed by atoms with Gasteiger partial charge in [-0.15, -0.1) is 0 Å². The van der Waals surface area contributed by atoms with Gasteiger partial charge in [0.05, 0.1) is 17.5 Å². The second kappa shape index (κ2) is 5.59. The molecular weight excluding hydrogens is 306 g/mol. The number of rotatable bonds is 3. The van der Waals surface area contributed by atoms with Crippen LogP contribution in [0.5, 0.6) is 0 Å². The SMILES string of the molecule is N#CC=Cc1cn(-c2ccccc2)nc1C12CC3CC(CC(C3)C1)C2. The minimum Gasteiger partial charge on any atom is -0.240 e. The van der Waals surface area contributed by atoms with Crippen molar-refractivity contribution < 1.29 is 0 Å². The van der Waals surface area contributed by atoms with Gasteiger partial charge in [-0.25, -0.2) is 4.68 Å². The highest BCUT2D eigenvalue weighted by molar-refractivity contribution is 5.56. The second-order valence-corrected chi connectivity index (χ2v) is 8.37. The van der Waals surface area contributed by atoms with Crippen molar-refractivity contribution in [3.05, 3.63) is 53.9 Å². The molecular formula is C22H23N3. The van der Waals surface area contributed by atoms with Crippen molar-refractivity contribution in [2.24, 2.45) is 17.8 Å². The van der Waals surface area contributed by atoms with Crippen molar-refractivity contribution in [1.29, 1.82) is 5.26 Å². The van der Waals surface area contributed by atoms with E-state index >= 15 is 0 Å². The van der Waals surface area contributed by atoms with Crippen LogP contribution in [0.2, 0.25) is 0 Å². The van der Waals surface area contributed by atoms with E-state index in [2.05, 4.69) is 24.4 Å². The van der Waals surface area contributed by atoms with Crippen molar-refractivity contribution in [3.8, 4) is 11.8 Å². The van der Waals surface area contributed by atoms with Gasteiger partial charge in [0.25, 0.3) is 0 Å². The van der Waals surface area contributed by atoms with Gasteiger partial charge in [-0.2, -0.15) is 10.4 Å². The van der Waals surface area contributed by atoms with Crippen LogP contribution in [-0.2, 0) is 5.41 Å². The number of allylic oxidation sites excluding steroid dienone is 1. The fraction of sp³-hybridized carbons (Fsp3) is 0.455. The third-order valence-corrected chi connectivity index (χ3v) is 6.64. The quantitative estimate of drug-likeness (QED) is 0.753. The number of nitrogens with zero attached hydrogens (tertiary/aromatic N) is 3. The predicted molar refractivity (Wildman–Crippen MR) is 98.1 cm³/mol. The first-order chi connectivity index (χ1) is 12.3. The highest BCUT2D eigenvalue weighted by Crippen LogP contribution is 2.60. The minimum absolute atomic E-state index is 0.240. The Balaban J connectivity index is 1.61. The van der Waals surface area contributed by atoms with E-state index in [-0.39, 0.29) is 5.41 Å². The fourth-order valence-electron chi connectivity index (χ4n) is 6.16. The van der Waals surface area contributed by atoms with E-state index in [0.29, 0.717) is 0 Å². The van der Waals surface area contributed by atoms with Crippen LogP contribution < -0.4 is 0 Å². The zero-order chi connectivity index (χ0) is 16.9. The first kappa shape index (κ1) is 15.0. The Morgan fingerprint density at radius 2 is 1.68 bits per heavy atom. The van der Waals surface area contributed by atoms with Crippen LogP contribution in [0.15, 0.2) is 42.6 Å². The van der Waals surface area contributed by atoms with Crippen LogP contribution in [0.1, 0.15) is 49.8 Å². The lowest BCUT2D eigenvalue weighted by Gasteiger charge is -2.56. The average Bonchev–Trinajstić information content (AvgIpc) is 3.05. The summed E-state index contributed by atoms with van der Waals surface area (Å²) >= 11 is 0. The van der Waals surface area contributed by atoms with Crippen molar-refractivity contribution >= 4 is 6.08 Å². The number of hydrogen-bond acceptors (Lipinski definition) is 2. The Morgan fingerprint density at radius 3 is 2.28 bits per heavy atom. The van der Waals surface area contributed by atoms with Gasteiger partial charge in [0.1, 0.15) is 0 Å². The topological polar surface area (TPSA) is 41.6 Å². The number of benzene rings is 1. The molecule has 4 fully saturated rings. The normalized spacial score (nSPS) is 33.0. The highest BCUT2D eigenvalue weighted by atomic mass is 15.3. The van der Waals surface area contributed by atoms with E-state index in [4.69, 9.17) is 10.4 Å². The number of hydrogen-bond donors (Lipinski definition) is 0. The summed E-state index contributed by atoms with van der Waals surface area (Å²) in [5.41, 5.74) is 3.70. The van der Waals surface area contributed by atoms with E-state index in [1.54, 1.807) is 6.08 Å². The molecule has 0 saturated heterocycles. The van der Waals surface area contributed by atoms with Gasteiger partial charge < -0.3 is 0 Å². The van der Waals surface area contributed by atoms with Gasteiger partial charge in [0.15, 0.2) is 0 Å². The van der Waals surface area contributed by atoms with E-state index < -0.39 is 0 Å². The van der Waals surface area contributed by atoms with Gasteiger partial charge in [0.2, 0.25) is 0 Å². The van der Waals surface area contributed by atoms with Crippen LogP contribution in [-0.4, -0.2) is 9.78 Å². The van der Waals surface area contributed by atoms with E-state index in [0.717, 1.165) is 29.0 Å². The lowest BCUT2D eigenvalue weighted by atomic mass is 9.48. The number of para-hydroxylation sites is 1. The second-order valence-electron chi connectivity index (χ2n) is 8.37. The Labute approximate surface area is 149 Å². The van der Waals surface area contributed by atoms with Crippen LogP contribution in [0.3, 0.4) is 0 Å². The first-order valence-electron chi connectivity index (χ1n) is 9.47. The van der Waals surface area contributed by atoms with Gasteiger partial charge in [-0.1, -0.05) is 18.2 Å². The first-order valence-corrected chi connectivity index (χ1v) is 9.47. The molecule has 4 aliphatic carbocycles. The molecule has 2 aromatic rings. The lowest BCUT2D eigenvalue weighted by Crippen LogP contribution is -2.49. The molecule has 1 aromatic heterocycles. The third kappa shape index (κ3) is 2.43. The molecule has 3 nitrogen and oxygen atoms in total. The molecule has 4 bridgehead atoms. The predicted octanol–water partition coefficient (Wildman–Crippen LogP) is 4.88. The Bertz CT molecular complexity index is 818. The lowest BCUT2D eigenvalue weighted by molar-refractivity contribution is -0.00742. The van der Waals surface area contributed by atoms with E-state index in [1.165, 1.54) is 44.2 Å². The largest absolute Gasteiger partial charge is 0.240 e. The maximum Gasteiger partial charge on any atom is 0.0912 e. The van der Waals surface area contributed by atoms with Crippen molar-refractivity contribution in [3.63, 3.8) is 0 Å². The molecule has 126 valence electrons. The molecule has 0 atom stereocenters. The fourth-order valence-corrected chi connectivity index (χ4v) is 6.16. The molecule has 0 spiro atoms. The van der Waals surface area contributed by atoms with Gasteiger partial charge in [-0.3, -0.25) is 0 Å². The average molecular weight is 329 g/mol. The molecule has 3 heteroatoms. The van der Waals surface area contributed by atoms with Gasteiger partial charge in [0, 0.05) is 23.3 Å². The standard InChI is InChI=1S/C22H23N3/c23-8-4-5-19-15-25(20-6-2-1-3-7-20)24-21(19)22-12-16-9-17(13-22)11-18(10-16)14-22/h1-7,15-18H,9-14H2. The Kier molecular flexibility index (Phi) is 3.35. The van der Waals surface area contributed by atoms with Crippen molar-refractivity contribution in [2.45, 2.75) is 43.9 Å². The molecule has 4 aliphatic rings. The maximum atomic E-state index is 9.01. The monoisotopic (exact) mass is 329 g/mol. The van der Waals surface area contributed by atoms with Crippen molar-refractivity contribution in [1.82, 2.24) is 9.78 Å². The van der Waals surface area contributed by atoms with Gasteiger partial charge in [-0.05, 0) is 74.5 Å². The third-order valence-electron chi connectivity index (χ3n) is 6.64. The maximum absolute atomic E-state index is 9.01. The van der Waals surface area contributed by atoms with Crippen LogP contribution in [0.25, 0.3) is 11.8 Å². The summed E-state index contributed by atoms with van der Waals surface area (Å²) in [6.07, 6.45) is 13.8. The summed E-state index contributed by atoms with van der Waals surface area (Å²) < 4.78 is 2.00. The summed E-state index contributed by atoms with van der Waals surface area (Å²) in [4.78, 5) is 0. The molecule has 0 radical (unpaired) electrons. The molecule has 0 N–H and O–H groups in total. The summed E-state index contributed by atoms with van der Waals surface area (Å²) in [7, 11) is 0. The Morgan fingerprint density at radius 1 is 1.04 bits per heavy atom. The molecule has 0 unspecified atom stereocenters. The zero-order valence-electron chi connectivity index (χ0n) is 14.4. The van der Waals surface area contributed by atoms with Crippen LogP contribution in [0.4, 0.5) is 0 Å². The Hall–Kier alpha value is -2.34. The molecule has 1 heterocycles. The van der Waals surface area contributed by atoms with E-state index in [1.807, 2.05) is 29.0 Å². The summed E-state index contributed by atoms with van der Waals surface area (Å²) in [6.45, 7) is 0. The summed E-state index contributed by atoms with van der Waals surface area (Å²) in [5, 5.41) is 14.1. The number of aromatic nitrogens is 2.